The summed E-state index contributed by atoms with van der Waals surface area (Å²) in [6.07, 6.45) is 9.83. The third kappa shape index (κ3) is 3.26. The molecule has 5 aliphatic rings. The summed E-state index contributed by atoms with van der Waals surface area (Å²) in [6, 6.07) is 0. The first-order valence-electron chi connectivity index (χ1n) is 10.2. The summed E-state index contributed by atoms with van der Waals surface area (Å²) in [5.41, 5.74) is -0.143. The number of carbonyl (C=O) groups is 2. The molecule has 5 rings (SSSR count). The molecule has 5 fully saturated rings. The molecule has 0 aromatic rings. The molecule has 5 heteroatoms. The number of piperidine rings is 1. The van der Waals surface area contributed by atoms with Crippen LogP contribution in [0.1, 0.15) is 64.7 Å². The topological polar surface area (TPSA) is 49.4 Å². The number of likely N-dealkylation sites (tertiary alicyclic amines) is 1. The van der Waals surface area contributed by atoms with Gasteiger partial charge in [0.25, 0.3) is 0 Å². The molecule has 1 saturated heterocycles. The predicted octanol–water partition coefficient (Wildman–Crippen LogP) is 3.49. The lowest BCUT2D eigenvalue weighted by atomic mass is 9.49. The second kappa shape index (κ2) is 6.54. The minimum absolute atomic E-state index is 0.0175. The Hall–Kier alpha value is -0.580. The average Bonchev–Trinajstić information content (AvgIpc) is 2.57. The van der Waals surface area contributed by atoms with E-state index in [0.29, 0.717) is 12.5 Å². The van der Waals surface area contributed by atoms with Crippen LogP contribution in [-0.4, -0.2) is 40.7 Å². The minimum atomic E-state index is -0.143. The third-order valence-electron chi connectivity index (χ3n) is 7.07. The Balaban J connectivity index is 1.46. The maximum Gasteiger partial charge on any atom is 0.228 e. The van der Waals surface area contributed by atoms with Crippen molar-refractivity contribution in [3.8, 4) is 0 Å². The summed E-state index contributed by atoms with van der Waals surface area (Å²) in [5, 5.41) is 3.02. The smallest absolute Gasteiger partial charge is 0.228 e. The van der Waals surface area contributed by atoms with Gasteiger partial charge in [-0.1, -0.05) is 22.9 Å². The van der Waals surface area contributed by atoms with E-state index in [-0.39, 0.29) is 21.6 Å². The van der Waals surface area contributed by atoms with Gasteiger partial charge in [-0.05, 0) is 69.6 Å². The molecular weight excluding hydrogens is 380 g/mol. The van der Waals surface area contributed by atoms with Crippen LogP contribution in [0.2, 0.25) is 0 Å². The van der Waals surface area contributed by atoms with Crippen molar-refractivity contribution in [3.05, 3.63) is 0 Å². The van der Waals surface area contributed by atoms with Gasteiger partial charge in [0.15, 0.2) is 0 Å². The molecule has 0 radical (unpaired) electrons. The highest BCUT2D eigenvalue weighted by Crippen LogP contribution is 2.64. The Morgan fingerprint density at radius 3 is 2.56 bits per heavy atom. The van der Waals surface area contributed by atoms with Crippen molar-refractivity contribution in [2.75, 3.05) is 19.6 Å². The first-order chi connectivity index (χ1) is 11.9. The third-order valence-corrected chi connectivity index (χ3v) is 8.00. The van der Waals surface area contributed by atoms with E-state index in [1.165, 1.54) is 19.3 Å². The number of hydrogen-bond acceptors (Lipinski definition) is 2. The fourth-order valence-corrected chi connectivity index (χ4v) is 7.96. The quantitative estimate of drug-likeness (QED) is 0.721. The summed E-state index contributed by atoms with van der Waals surface area (Å²) in [7, 11) is 0. The van der Waals surface area contributed by atoms with Crippen LogP contribution in [0.4, 0.5) is 0 Å². The maximum absolute atomic E-state index is 13.5. The van der Waals surface area contributed by atoms with E-state index in [1.807, 2.05) is 4.90 Å². The number of nitrogens with one attached hydrogen (secondary N) is 1. The zero-order valence-electron chi connectivity index (χ0n) is 15.4. The molecular formula is C20H31BrN2O2. The lowest BCUT2D eigenvalue weighted by Crippen LogP contribution is -2.60. The van der Waals surface area contributed by atoms with Gasteiger partial charge in [0.1, 0.15) is 0 Å². The van der Waals surface area contributed by atoms with Crippen molar-refractivity contribution >= 4 is 27.7 Å². The van der Waals surface area contributed by atoms with Crippen LogP contribution in [0.25, 0.3) is 0 Å². The molecule has 0 aromatic heterocycles. The molecule has 4 aliphatic carbocycles. The van der Waals surface area contributed by atoms with Crippen molar-refractivity contribution in [2.45, 2.75) is 69.0 Å². The van der Waals surface area contributed by atoms with Gasteiger partial charge in [0, 0.05) is 24.0 Å². The number of halogens is 1. The Bertz CT molecular complexity index is 550. The Morgan fingerprint density at radius 1 is 1.20 bits per heavy atom. The number of amides is 2. The van der Waals surface area contributed by atoms with Crippen molar-refractivity contribution in [1.29, 1.82) is 0 Å². The van der Waals surface area contributed by atoms with E-state index < -0.39 is 0 Å². The molecule has 3 atom stereocenters. The fourth-order valence-electron chi connectivity index (χ4n) is 6.50. The number of carbonyl (C=O) groups excluding carboxylic acids is 2. The Morgan fingerprint density at radius 2 is 1.92 bits per heavy atom. The molecule has 4 bridgehead atoms. The predicted molar refractivity (Wildman–Crippen MR) is 101 cm³/mol. The molecule has 1 N–H and O–H groups in total. The second-order valence-electron chi connectivity index (χ2n) is 9.27. The van der Waals surface area contributed by atoms with Crippen LogP contribution in [0.15, 0.2) is 0 Å². The molecule has 4 nitrogen and oxygen atoms in total. The number of nitrogens with zero attached hydrogens (tertiary/aromatic N) is 1. The summed E-state index contributed by atoms with van der Waals surface area (Å²) in [6.45, 7) is 4.27. The van der Waals surface area contributed by atoms with E-state index in [9.17, 15) is 9.59 Å². The number of hydrogen-bond donors (Lipinski definition) is 1. The second-order valence-corrected chi connectivity index (χ2v) is 11.0. The highest BCUT2D eigenvalue weighted by molar-refractivity contribution is 9.10. The van der Waals surface area contributed by atoms with Crippen LogP contribution in [0, 0.1) is 23.2 Å². The van der Waals surface area contributed by atoms with Crippen LogP contribution in [0.3, 0.4) is 0 Å². The summed E-state index contributed by atoms with van der Waals surface area (Å²) in [5.74, 6) is 1.92. The van der Waals surface area contributed by atoms with E-state index in [1.54, 1.807) is 0 Å². The number of alkyl halides is 1. The average molecular weight is 411 g/mol. The molecule has 4 saturated carbocycles. The van der Waals surface area contributed by atoms with Crippen LogP contribution < -0.4 is 5.32 Å². The lowest BCUT2D eigenvalue weighted by molar-refractivity contribution is -0.158. The first kappa shape index (κ1) is 17.8. The van der Waals surface area contributed by atoms with Gasteiger partial charge in [-0.2, -0.15) is 0 Å². The van der Waals surface area contributed by atoms with E-state index in [0.717, 1.165) is 63.5 Å². The largest absolute Gasteiger partial charge is 0.356 e. The highest BCUT2D eigenvalue weighted by Gasteiger charge is 2.60. The highest BCUT2D eigenvalue weighted by atomic mass is 79.9. The molecule has 0 aromatic carbocycles. The Kier molecular flexibility index (Phi) is 4.66. The maximum atomic E-state index is 13.5. The molecule has 1 aliphatic heterocycles. The standard InChI is InChI=1S/C20H31BrN2O2/c1-2-5-22-17(24)16-4-3-6-23(12-16)18(25)19-8-14-7-15(9-19)11-20(21,10-14)13-19/h14-16H,2-13H2,1H3,(H,22,24). The van der Waals surface area contributed by atoms with Gasteiger partial charge < -0.3 is 10.2 Å². The Labute approximate surface area is 159 Å². The lowest BCUT2D eigenvalue weighted by Gasteiger charge is -2.60. The van der Waals surface area contributed by atoms with Crippen molar-refractivity contribution in [3.63, 3.8) is 0 Å². The van der Waals surface area contributed by atoms with Gasteiger partial charge in [-0.3, -0.25) is 9.59 Å². The fraction of sp³-hybridized carbons (Fsp3) is 0.900. The van der Waals surface area contributed by atoms with Crippen LogP contribution >= 0.6 is 15.9 Å². The molecule has 1 heterocycles. The van der Waals surface area contributed by atoms with Crippen molar-refractivity contribution in [1.82, 2.24) is 10.2 Å². The van der Waals surface area contributed by atoms with Gasteiger partial charge >= 0.3 is 0 Å². The van der Waals surface area contributed by atoms with Gasteiger partial charge in [0.2, 0.25) is 11.8 Å². The van der Waals surface area contributed by atoms with Gasteiger partial charge in [-0.15, -0.1) is 0 Å². The van der Waals surface area contributed by atoms with E-state index >= 15 is 0 Å². The summed E-state index contributed by atoms with van der Waals surface area (Å²) < 4.78 is 0.209. The molecule has 140 valence electrons. The van der Waals surface area contributed by atoms with E-state index in [4.69, 9.17) is 0 Å². The minimum Gasteiger partial charge on any atom is -0.356 e. The zero-order valence-corrected chi connectivity index (χ0v) is 16.9. The van der Waals surface area contributed by atoms with Gasteiger partial charge in [0.05, 0.1) is 11.3 Å². The molecule has 3 unspecified atom stereocenters. The first-order valence-corrected chi connectivity index (χ1v) is 11.0. The zero-order chi connectivity index (χ0) is 17.7. The number of rotatable bonds is 4. The van der Waals surface area contributed by atoms with Crippen molar-refractivity contribution in [2.24, 2.45) is 23.2 Å². The van der Waals surface area contributed by atoms with Crippen LogP contribution in [-0.2, 0) is 9.59 Å². The molecule has 25 heavy (non-hydrogen) atoms. The molecule has 2 amide bonds. The van der Waals surface area contributed by atoms with Crippen LogP contribution in [0.5, 0.6) is 0 Å². The van der Waals surface area contributed by atoms with Crippen molar-refractivity contribution < 1.29 is 9.59 Å². The van der Waals surface area contributed by atoms with Gasteiger partial charge in [-0.25, -0.2) is 0 Å². The van der Waals surface area contributed by atoms with E-state index in [2.05, 4.69) is 28.2 Å². The SMILES string of the molecule is CCCNC(=O)C1CCCN(C(=O)C23CC4CC(CC(Br)(C4)C2)C3)C1. The summed E-state index contributed by atoms with van der Waals surface area (Å²) >= 11 is 4.01. The normalized spacial score (nSPS) is 42.5. The summed E-state index contributed by atoms with van der Waals surface area (Å²) in [4.78, 5) is 28.0. The molecule has 0 spiro atoms. The monoisotopic (exact) mass is 410 g/mol.